The zero-order valence-electron chi connectivity index (χ0n) is 13.4. The van der Waals surface area contributed by atoms with Gasteiger partial charge in [-0.25, -0.2) is 0 Å². The predicted molar refractivity (Wildman–Crippen MR) is 90.2 cm³/mol. The summed E-state index contributed by atoms with van der Waals surface area (Å²) in [6.07, 6.45) is 3.17. The van der Waals surface area contributed by atoms with E-state index in [1.165, 1.54) is 0 Å². The second-order valence-electron chi connectivity index (χ2n) is 5.71. The maximum atomic E-state index is 12.4. The lowest BCUT2D eigenvalue weighted by Crippen LogP contribution is -2.11. The SMILES string of the molecule is CCCCC(C)C(=O)c1cccc(OCc2ccccc2)c1. The predicted octanol–water partition coefficient (Wildman–Crippen LogP) is 5.27. The molecule has 0 amide bonds. The quantitative estimate of drug-likeness (QED) is 0.620. The fourth-order valence-corrected chi connectivity index (χ4v) is 2.41. The molecule has 0 saturated carbocycles. The van der Waals surface area contributed by atoms with Crippen molar-refractivity contribution in [1.29, 1.82) is 0 Å². The average Bonchev–Trinajstić information content (AvgIpc) is 2.58. The number of unbranched alkanes of at least 4 members (excludes halogenated alkanes) is 1. The van der Waals surface area contributed by atoms with Gasteiger partial charge < -0.3 is 4.74 Å². The van der Waals surface area contributed by atoms with E-state index in [1.54, 1.807) is 0 Å². The highest BCUT2D eigenvalue weighted by molar-refractivity contribution is 5.97. The Morgan fingerprint density at radius 1 is 1.09 bits per heavy atom. The smallest absolute Gasteiger partial charge is 0.165 e. The summed E-state index contributed by atoms with van der Waals surface area (Å²) in [7, 11) is 0. The first-order valence-electron chi connectivity index (χ1n) is 8.01. The highest BCUT2D eigenvalue weighted by Crippen LogP contribution is 2.20. The van der Waals surface area contributed by atoms with Crippen LogP contribution in [0.5, 0.6) is 5.75 Å². The Bertz CT molecular complexity index is 590. The summed E-state index contributed by atoms with van der Waals surface area (Å²) in [5.41, 5.74) is 1.87. The van der Waals surface area contributed by atoms with E-state index in [2.05, 4.69) is 6.92 Å². The third-order valence-corrected chi connectivity index (χ3v) is 3.81. The van der Waals surface area contributed by atoms with E-state index < -0.39 is 0 Å². The van der Waals surface area contributed by atoms with Crippen LogP contribution in [-0.4, -0.2) is 5.78 Å². The first kappa shape index (κ1) is 16.3. The van der Waals surface area contributed by atoms with Crippen LogP contribution in [0.25, 0.3) is 0 Å². The van der Waals surface area contributed by atoms with Crippen LogP contribution in [0, 0.1) is 5.92 Å². The molecule has 2 nitrogen and oxygen atoms in total. The third-order valence-electron chi connectivity index (χ3n) is 3.81. The third kappa shape index (κ3) is 4.73. The number of hydrogen-bond acceptors (Lipinski definition) is 2. The Hall–Kier alpha value is -2.09. The summed E-state index contributed by atoms with van der Waals surface area (Å²) >= 11 is 0. The van der Waals surface area contributed by atoms with Gasteiger partial charge >= 0.3 is 0 Å². The molecule has 0 bridgehead atoms. The van der Waals surface area contributed by atoms with Gasteiger partial charge in [0.05, 0.1) is 0 Å². The second-order valence-corrected chi connectivity index (χ2v) is 5.71. The maximum Gasteiger partial charge on any atom is 0.165 e. The van der Waals surface area contributed by atoms with Crippen LogP contribution < -0.4 is 4.74 Å². The van der Waals surface area contributed by atoms with E-state index in [0.717, 1.165) is 36.1 Å². The number of carbonyl (C=O) groups excluding carboxylic acids is 1. The van der Waals surface area contributed by atoms with E-state index in [1.807, 2.05) is 61.5 Å². The van der Waals surface area contributed by atoms with Crippen molar-refractivity contribution in [2.45, 2.75) is 39.7 Å². The van der Waals surface area contributed by atoms with Gasteiger partial charge in [-0.2, -0.15) is 0 Å². The summed E-state index contributed by atoms with van der Waals surface area (Å²) in [5.74, 6) is 1.03. The Morgan fingerprint density at radius 3 is 2.59 bits per heavy atom. The molecule has 0 saturated heterocycles. The number of rotatable bonds is 8. The summed E-state index contributed by atoms with van der Waals surface area (Å²) in [4.78, 5) is 12.4. The maximum absolute atomic E-state index is 12.4. The monoisotopic (exact) mass is 296 g/mol. The fraction of sp³-hybridized carbons (Fsp3) is 0.350. The Labute approximate surface area is 133 Å². The molecule has 0 aromatic heterocycles. The van der Waals surface area contributed by atoms with Crippen LogP contribution in [0.3, 0.4) is 0 Å². The molecule has 1 atom stereocenters. The minimum Gasteiger partial charge on any atom is -0.489 e. The summed E-state index contributed by atoms with van der Waals surface area (Å²) in [6, 6.07) is 17.6. The van der Waals surface area contributed by atoms with E-state index >= 15 is 0 Å². The second kappa shape index (κ2) is 8.38. The zero-order valence-corrected chi connectivity index (χ0v) is 13.4. The first-order valence-corrected chi connectivity index (χ1v) is 8.01. The molecule has 0 spiro atoms. The van der Waals surface area contributed by atoms with Crippen molar-refractivity contribution in [3.63, 3.8) is 0 Å². The first-order chi connectivity index (χ1) is 10.7. The fourth-order valence-electron chi connectivity index (χ4n) is 2.41. The van der Waals surface area contributed by atoms with Crippen molar-refractivity contribution in [3.05, 3.63) is 65.7 Å². The van der Waals surface area contributed by atoms with Gasteiger partial charge in [-0.3, -0.25) is 4.79 Å². The number of ether oxygens (including phenoxy) is 1. The van der Waals surface area contributed by atoms with Crippen molar-refractivity contribution in [2.75, 3.05) is 0 Å². The lowest BCUT2D eigenvalue weighted by Gasteiger charge is -2.11. The molecular formula is C20H24O2. The largest absolute Gasteiger partial charge is 0.489 e. The van der Waals surface area contributed by atoms with Crippen LogP contribution in [0.1, 0.15) is 49.0 Å². The number of hydrogen-bond donors (Lipinski definition) is 0. The van der Waals surface area contributed by atoms with Crippen molar-refractivity contribution in [3.8, 4) is 5.75 Å². The van der Waals surface area contributed by atoms with Crippen molar-refractivity contribution < 1.29 is 9.53 Å². The molecule has 0 N–H and O–H groups in total. The van der Waals surface area contributed by atoms with Crippen LogP contribution in [-0.2, 0) is 6.61 Å². The van der Waals surface area contributed by atoms with Gasteiger partial charge in [0.25, 0.3) is 0 Å². The van der Waals surface area contributed by atoms with Gasteiger partial charge in [0.1, 0.15) is 12.4 Å². The van der Waals surface area contributed by atoms with Crippen LogP contribution in [0.4, 0.5) is 0 Å². The van der Waals surface area contributed by atoms with Gasteiger partial charge in [0.2, 0.25) is 0 Å². The molecule has 2 rings (SSSR count). The molecule has 2 aromatic rings. The van der Waals surface area contributed by atoms with Crippen LogP contribution in [0.15, 0.2) is 54.6 Å². The Kier molecular flexibility index (Phi) is 6.20. The van der Waals surface area contributed by atoms with E-state index in [4.69, 9.17) is 4.74 Å². The molecule has 0 aliphatic rings. The number of ketones is 1. The highest BCUT2D eigenvalue weighted by atomic mass is 16.5. The van der Waals surface area contributed by atoms with Gasteiger partial charge in [0.15, 0.2) is 5.78 Å². The molecule has 1 unspecified atom stereocenters. The van der Waals surface area contributed by atoms with E-state index in [9.17, 15) is 4.79 Å². The molecule has 0 aliphatic carbocycles. The molecule has 2 heteroatoms. The van der Waals surface area contributed by atoms with Gasteiger partial charge in [0, 0.05) is 11.5 Å². The Balaban J connectivity index is 1.98. The zero-order chi connectivity index (χ0) is 15.8. The number of carbonyl (C=O) groups is 1. The molecule has 0 aliphatic heterocycles. The summed E-state index contributed by atoms with van der Waals surface area (Å²) < 4.78 is 5.79. The molecule has 22 heavy (non-hydrogen) atoms. The minimum absolute atomic E-state index is 0.0734. The van der Waals surface area contributed by atoms with Crippen LogP contribution in [0.2, 0.25) is 0 Å². The lowest BCUT2D eigenvalue weighted by atomic mass is 9.94. The molecule has 116 valence electrons. The lowest BCUT2D eigenvalue weighted by molar-refractivity contribution is 0.0922. The molecule has 2 aromatic carbocycles. The van der Waals surface area contributed by atoms with Crippen LogP contribution >= 0.6 is 0 Å². The van der Waals surface area contributed by atoms with E-state index in [-0.39, 0.29) is 11.7 Å². The van der Waals surface area contributed by atoms with E-state index in [0.29, 0.717) is 6.61 Å². The summed E-state index contributed by atoms with van der Waals surface area (Å²) in [5, 5.41) is 0. The molecule has 0 heterocycles. The number of benzene rings is 2. The Morgan fingerprint density at radius 2 is 1.86 bits per heavy atom. The van der Waals surface area contributed by atoms with Gasteiger partial charge in [-0.1, -0.05) is 69.2 Å². The average molecular weight is 296 g/mol. The molecule has 0 fully saturated rings. The summed E-state index contributed by atoms with van der Waals surface area (Å²) in [6.45, 7) is 4.68. The van der Waals surface area contributed by atoms with Crippen molar-refractivity contribution in [1.82, 2.24) is 0 Å². The van der Waals surface area contributed by atoms with Gasteiger partial charge in [-0.15, -0.1) is 0 Å². The molecule has 0 radical (unpaired) electrons. The number of Topliss-reactive ketones (excluding diaryl/α,β-unsaturated/α-hetero) is 1. The topological polar surface area (TPSA) is 26.3 Å². The standard InChI is InChI=1S/C20H24O2/c1-3-4-9-16(2)20(21)18-12-8-13-19(14-18)22-15-17-10-6-5-7-11-17/h5-8,10-14,16H,3-4,9,15H2,1-2H3. The normalized spacial score (nSPS) is 11.9. The minimum atomic E-state index is 0.0734. The molecular weight excluding hydrogens is 272 g/mol. The van der Waals surface area contributed by atoms with Crippen molar-refractivity contribution >= 4 is 5.78 Å². The highest BCUT2D eigenvalue weighted by Gasteiger charge is 2.15. The van der Waals surface area contributed by atoms with Crippen molar-refractivity contribution in [2.24, 2.45) is 5.92 Å². The van der Waals surface area contributed by atoms with Gasteiger partial charge in [-0.05, 0) is 24.1 Å².